The zero-order valence-corrected chi connectivity index (χ0v) is 15.5. The highest BCUT2D eigenvalue weighted by Gasteiger charge is 2.27. The van der Waals surface area contributed by atoms with E-state index in [1.165, 1.54) is 0 Å². The third kappa shape index (κ3) is 4.18. The maximum atomic E-state index is 12.7. The van der Waals surface area contributed by atoms with Crippen LogP contribution in [0.2, 0.25) is 0 Å². The van der Waals surface area contributed by atoms with Gasteiger partial charge in [0, 0.05) is 19.3 Å². The lowest BCUT2D eigenvalue weighted by atomic mass is 10.0. The Hall–Kier alpha value is -2.49. The van der Waals surface area contributed by atoms with Crippen molar-refractivity contribution in [1.29, 1.82) is 5.26 Å². The lowest BCUT2D eigenvalue weighted by molar-refractivity contribution is 0.288. The molecule has 6 heteroatoms. The molecule has 0 aromatic heterocycles. The zero-order valence-electron chi connectivity index (χ0n) is 14.7. The van der Waals surface area contributed by atoms with Gasteiger partial charge in [-0.2, -0.15) is 9.57 Å². The molecule has 2 aromatic carbocycles. The lowest BCUT2D eigenvalue weighted by Gasteiger charge is -2.29. The number of hydrogen-bond acceptors (Lipinski definition) is 4. The van der Waals surface area contributed by atoms with Crippen molar-refractivity contribution in [2.75, 3.05) is 13.1 Å². The van der Waals surface area contributed by atoms with Crippen LogP contribution >= 0.6 is 0 Å². The maximum Gasteiger partial charge on any atom is 0.243 e. The van der Waals surface area contributed by atoms with Crippen LogP contribution in [0.1, 0.15) is 30.9 Å². The van der Waals surface area contributed by atoms with E-state index in [1.54, 1.807) is 46.9 Å². The summed E-state index contributed by atoms with van der Waals surface area (Å²) in [5.74, 6) is 0.584. The first kappa shape index (κ1) is 18.3. The Morgan fingerprint density at radius 1 is 1.08 bits per heavy atom. The number of sulfonamides is 1. The monoisotopic (exact) mass is 367 g/mol. The predicted molar refractivity (Wildman–Crippen MR) is 102 cm³/mol. The first-order valence-corrected chi connectivity index (χ1v) is 10.1. The molecule has 5 nitrogen and oxygen atoms in total. The molecule has 1 aliphatic heterocycles. The first-order valence-electron chi connectivity index (χ1n) is 8.63. The normalized spacial score (nSPS) is 16.6. The molecule has 3 rings (SSSR count). The fraction of sp³-hybridized carbons (Fsp3) is 0.300. The van der Waals surface area contributed by atoms with Crippen LogP contribution < -0.4 is 0 Å². The fourth-order valence-corrected chi connectivity index (χ4v) is 4.34. The molecule has 1 aliphatic rings. The Labute approximate surface area is 154 Å². The van der Waals surface area contributed by atoms with Gasteiger partial charge in [0.2, 0.25) is 10.0 Å². The third-order valence-electron chi connectivity index (χ3n) is 4.62. The van der Waals surface area contributed by atoms with E-state index in [0.29, 0.717) is 35.2 Å². The topological polar surface area (TPSA) is 73.5 Å². The van der Waals surface area contributed by atoms with Crippen LogP contribution in [-0.2, 0) is 10.0 Å². The van der Waals surface area contributed by atoms with E-state index < -0.39 is 10.0 Å². The maximum absolute atomic E-state index is 12.7. The van der Waals surface area contributed by atoms with E-state index in [2.05, 4.69) is 18.0 Å². The van der Waals surface area contributed by atoms with Crippen LogP contribution in [0.4, 0.5) is 5.69 Å². The molecule has 134 valence electrons. The number of benzene rings is 2. The van der Waals surface area contributed by atoms with Gasteiger partial charge in [0.25, 0.3) is 0 Å². The molecule has 0 spiro atoms. The van der Waals surface area contributed by atoms with Gasteiger partial charge in [0.15, 0.2) is 0 Å². The largest absolute Gasteiger partial charge is 0.256 e. The average Bonchev–Trinajstić information content (AvgIpc) is 2.67. The predicted octanol–water partition coefficient (Wildman–Crippen LogP) is 3.73. The van der Waals surface area contributed by atoms with Gasteiger partial charge in [0.1, 0.15) is 0 Å². The van der Waals surface area contributed by atoms with Crippen molar-refractivity contribution in [3.05, 3.63) is 59.7 Å². The number of rotatable bonds is 4. The Morgan fingerprint density at radius 2 is 1.69 bits per heavy atom. The Bertz CT molecular complexity index is 919. The number of nitriles is 1. The molecule has 0 bridgehead atoms. The van der Waals surface area contributed by atoms with E-state index in [4.69, 9.17) is 5.26 Å². The molecule has 2 aromatic rings. The van der Waals surface area contributed by atoms with Gasteiger partial charge in [0.05, 0.1) is 22.2 Å². The van der Waals surface area contributed by atoms with Crippen molar-refractivity contribution < 1.29 is 8.42 Å². The fourth-order valence-electron chi connectivity index (χ4n) is 2.87. The molecular weight excluding hydrogens is 346 g/mol. The summed E-state index contributed by atoms with van der Waals surface area (Å²) in [6, 6.07) is 15.8. The molecule has 0 saturated carbocycles. The Balaban J connectivity index is 1.71. The molecular formula is C20H21N3O2S. The minimum Gasteiger partial charge on any atom is -0.256 e. The molecule has 26 heavy (non-hydrogen) atoms. The molecule has 0 atom stereocenters. The highest BCUT2D eigenvalue weighted by Crippen LogP contribution is 2.24. The molecule has 0 N–H and O–H groups in total. The Morgan fingerprint density at radius 3 is 2.27 bits per heavy atom. The van der Waals surface area contributed by atoms with E-state index >= 15 is 0 Å². The molecule has 1 heterocycles. The highest BCUT2D eigenvalue weighted by molar-refractivity contribution is 7.89. The SMILES string of the molecule is CC1CCN(S(=O)(=O)c2ccc(N=Cc3ccc(C#N)cc3)cc2)CC1. The summed E-state index contributed by atoms with van der Waals surface area (Å²) in [6.45, 7) is 3.33. The van der Waals surface area contributed by atoms with Crippen molar-refractivity contribution in [1.82, 2.24) is 4.31 Å². The van der Waals surface area contributed by atoms with E-state index in [-0.39, 0.29) is 0 Å². The minimum atomic E-state index is -3.43. The molecule has 0 unspecified atom stereocenters. The van der Waals surface area contributed by atoms with Gasteiger partial charge >= 0.3 is 0 Å². The Kier molecular flexibility index (Phi) is 5.50. The van der Waals surface area contributed by atoms with Gasteiger partial charge in [-0.3, -0.25) is 4.99 Å². The lowest BCUT2D eigenvalue weighted by Crippen LogP contribution is -2.37. The summed E-state index contributed by atoms with van der Waals surface area (Å²) in [5.41, 5.74) is 2.16. The summed E-state index contributed by atoms with van der Waals surface area (Å²) >= 11 is 0. The average molecular weight is 367 g/mol. The van der Waals surface area contributed by atoms with Crippen molar-refractivity contribution in [3.63, 3.8) is 0 Å². The second-order valence-electron chi connectivity index (χ2n) is 6.57. The molecule has 0 radical (unpaired) electrons. The van der Waals surface area contributed by atoms with Crippen LogP contribution in [0.25, 0.3) is 0 Å². The summed E-state index contributed by atoms with van der Waals surface area (Å²) in [5, 5.41) is 8.80. The van der Waals surface area contributed by atoms with Crippen LogP contribution in [0.3, 0.4) is 0 Å². The van der Waals surface area contributed by atoms with Crippen LogP contribution in [-0.4, -0.2) is 32.0 Å². The van der Waals surface area contributed by atoms with Crippen LogP contribution in [0, 0.1) is 17.2 Å². The van der Waals surface area contributed by atoms with Crippen molar-refractivity contribution in [2.24, 2.45) is 10.9 Å². The highest BCUT2D eigenvalue weighted by atomic mass is 32.2. The van der Waals surface area contributed by atoms with E-state index in [1.807, 2.05) is 12.1 Å². The second kappa shape index (κ2) is 7.81. The smallest absolute Gasteiger partial charge is 0.243 e. The molecule has 1 fully saturated rings. The van der Waals surface area contributed by atoms with E-state index in [0.717, 1.165) is 18.4 Å². The summed E-state index contributed by atoms with van der Waals surface area (Å²) in [6.07, 6.45) is 3.51. The van der Waals surface area contributed by atoms with Crippen molar-refractivity contribution in [3.8, 4) is 6.07 Å². The summed E-state index contributed by atoms with van der Waals surface area (Å²) < 4.78 is 27.0. The van der Waals surface area contributed by atoms with Crippen LogP contribution in [0.15, 0.2) is 58.4 Å². The van der Waals surface area contributed by atoms with Gasteiger partial charge in [-0.25, -0.2) is 8.42 Å². The first-order chi connectivity index (χ1) is 12.5. The number of hydrogen-bond donors (Lipinski definition) is 0. The number of nitrogens with zero attached hydrogens (tertiary/aromatic N) is 3. The quantitative estimate of drug-likeness (QED) is 0.773. The molecule has 1 saturated heterocycles. The van der Waals surface area contributed by atoms with Crippen molar-refractivity contribution >= 4 is 21.9 Å². The van der Waals surface area contributed by atoms with Gasteiger partial charge < -0.3 is 0 Å². The van der Waals surface area contributed by atoms with Crippen LogP contribution in [0.5, 0.6) is 0 Å². The van der Waals surface area contributed by atoms with Gasteiger partial charge in [-0.15, -0.1) is 0 Å². The minimum absolute atomic E-state index is 0.310. The van der Waals surface area contributed by atoms with E-state index in [9.17, 15) is 8.42 Å². The zero-order chi connectivity index (χ0) is 18.6. The number of aliphatic imine (C=N–C) groups is 1. The summed E-state index contributed by atoms with van der Waals surface area (Å²) in [7, 11) is -3.43. The van der Waals surface area contributed by atoms with Gasteiger partial charge in [-0.1, -0.05) is 19.1 Å². The number of piperidine rings is 1. The standard InChI is InChI=1S/C20H21N3O2S/c1-16-10-12-23(13-11-16)26(24,25)20-8-6-19(7-9-20)22-15-18-4-2-17(14-21)3-5-18/h2-9,15-16H,10-13H2,1H3. The third-order valence-corrected chi connectivity index (χ3v) is 6.53. The summed E-state index contributed by atoms with van der Waals surface area (Å²) in [4.78, 5) is 4.67. The van der Waals surface area contributed by atoms with Gasteiger partial charge in [-0.05, 0) is 60.7 Å². The second-order valence-corrected chi connectivity index (χ2v) is 8.51. The van der Waals surface area contributed by atoms with Crippen molar-refractivity contribution in [2.45, 2.75) is 24.7 Å². The molecule has 0 aliphatic carbocycles. The molecule has 0 amide bonds.